The summed E-state index contributed by atoms with van der Waals surface area (Å²) in [5.41, 5.74) is 5.28. The van der Waals surface area contributed by atoms with Crippen LogP contribution in [0.25, 0.3) is 0 Å². The summed E-state index contributed by atoms with van der Waals surface area (Å²) in [7, 11) is 0. The molecule has 0 spiro atoms. The average Bonchev–Trinajstić information content (AvgIpc) is 3.78. The summed E-state index contributed by atoms with van der Waals surface area (Å²) in [6.45, 7) is 34.6. The Balaban J connectivity index is -0.000000181. The summed E-state index contributed by atoms with van der Waals surface area (Å²) in [5, 5.41) is 40.7. The van der Waals surface area contributed by atoms with E-state index in [2.05, 4.69) is 135 Å². The van der Waals surface area contributed by atoms with E-state index in [0.717, 1.165) is 96.0 Å². The highest BCUT2D eigenvalue weighted by Crippen LogP contribution is 1.83. The van der Waals surface area contributed by atoms with E-state index in [1.807, 2.05) is 27.7 Å². The van der Waals surface area contributed by atoms with E-state index in [0.29, 0.717) is 23.9 Å². The number of hydrazine groups is 1. The fourth-order valence-electron chi connectivity index (χ4n) is 3.11. The van der Waals surface area contributed by atoms with Gasteiger partial charge in [-0.1, -0.05) is 20.9 Å². The zero-order valence-corrected chi connectivity index (χ0v) is 40.1. The van der Waals surface area contributed by atoms with E-state index in [1.165, 1.54) is 6.42 Å². The molecule has 14 N–H and O–H groups in total. The number of aliphatic imine (C=N–C) groups is 1. The van der Waals surface area contributed by atoms with E-state index in [9.17, 15) is 0 Å². The van der Waals surface area contributed by atoms with E-state index in [4.69, 9.17) is 73.3 Å². The Bertz CT molecular complexity index is 1020. The number of rotatable bonds is 9. The third-order valence-electron chi connectivity index (χ3n) is 5.27. The van der Waals surface area contributed by atoms with Crippen molar-refractivity contribution in [2.45, 2.75) is 115 Å². The molecule has 3 aliphatic heterocycles. The number of nitrogens with one attached hydrogen (secondary N) is 14. The second-order valence-corrected chi connectivity index (χ2v) is 14.4. The highest BCUT2D eigenvalue weighted by Gasteiger charge is 2.00. The van der Waals surface area contributed by atoms with Crippen LogP contribution in [0.3, 0.4) is 0 Å². The summed E-state index contributed by atoms with van der Waals surface area (Å²) in [6, 6.07) is 1.26. The Morgan fingerprint density at radius 3 is 1.21 bits per heavy atom. The maximum atomic E-state index is 4.98. The molecule has 0 saturated carbocycles. The Labute approximate surface area is 373 Å². The van der Waals surface area contributed by atoms with Gasteiger partial charge in [0.25, 0.3) is 0 Å². The van der Waals surface area contributed by atoms with Crippen LogP contribution in [0.15, 0.2) is 17.4 Å². The molecule has 15 nitrogen and oxygen atoms in total. The molecule has 3 heterocycles. The van der Waals surface area contributed by atoms with Gasteiger partial charge in [-0.15, -0.1) is 0 Å². The Hall–Kier alpha value is -2.85. The van der Waals surface area contributed by atoms with Gasteiger partial charge in [0.1, 0.15) is 12.2 Å². The SMILES string of the molecule is C.C=C1N=CNN1.CC(C)NC(=S)NC(C)C.CCCNC(=S)NCC.CCNC(=S)NC(C)C.CCNC(=S)NCC.S=C1NCCCN1.S=C1NCCN1. The molecule has 0 bridgehead atoms. The molecule has 0 aliphatic carbocycles. The molecule has 2 fully saturated rings. The van der Waals surface area contributed by atoms with Crippen molar-refractivity contribution in [3.63, 3.8) is 0 Å². The molecule has 0 unspecified atom stereocenters. The number of thiocarbonyl (C=S) groups is 6. The molecule has 3 rings (SSSR count). The van der Waals surface area contributed by atoms with Crippen LogP contribution < -0.4 is 74.7 Å². The van der Waals surface area contributed by atoms with Crippen LogP contribution in [-0.4, -0.2) is 114 Å². The van der Waals surface area contributed by atoms with Crippen LogP contribution in [0.2, 0.25) is 0 Å². The standard InChI is InChI=1S/C7H16N2S.2C6H14N2S.C5H12N2S.C4H8N2S.C3H5N3.C3H6N2S.CH4/c1-5(2)8-7(10)9-6(3)4;1-4-7-6(9)8-5(2)3;1-3-5-8-6(9)7-4-2;1-3-6-5(8)7-4-2;7-4-5-2-1-3-6-4;1-3-4-2-5-6-3;6-3-4-1-2-5-3;/h5-6H,1-4H3,(H2,8,9,10);5H,4H2,1-3H3,(H2,7,8,9);3-5H2,1-2H3,(H2,7,8,9);3-4H2,1-2H3,(H2,6,7,8);1-3H2,(H2,5,6,7);2,6H,1H2,(H,4,5);1-2H2,(H2,4,5,6);1H4. The van der Waals surface area contributed by atoms with Crippen molar-refractivity contribution >= 4 is 110 Å². The molecule has 2 saturated heterocycles. The molecule has 3 aliphatic rings. The fraction of sp³-hybridized carbons (Fsp3) is 0.743. The summed E-state index contributed by atoms with van der Waals surface area (Å²) in [5.74, 6) is 0.662. The highest BCUT2D eigenvalue weighted by atomic mass is 32.1. The Morgan fingerprint density at radius 1 is 0.607 bits per heavy atom. The monoisotopic (exact) mass is 901 g/mol. The minimum absolute atomic E-state index is 0. The van der Waals surface area contributed by atoms with Crippen LogP contribution in [-0.2, 0) is 0 Å². The number of nitrogens with zero attached hydrogens (tertiary/aromatic N) is 1. The van der Waals surface area contributed by atoms with Gasteiger partial charge < -0.3 is 63.8 Å². The lowest BCUT2D eigenvalue weighted by molar-refractivity contribution is 0.673. The molecular weight excluding hydrogens is 823 g/mol. The lowest BCUT2D eigenvalue weighted by Crippen LogP contribution is -2.42. The van der Waals surface area contributed by atoms with E-state index >= 15 is 0 Å². The molecule has 56 heavy (non-hydrogen) atoms. The smallest absolute Gasteiger partial charge is 0.166 e. The summed E-state index contributed by atoms with van der Waals surface area (Å²) in [4.78, 5) is 3.69. The van der Waals surface area contributed by atoms with Crippen molar-refractivity contribution in [2.75, 3.05) is 58.9 Å². The predicted octanol–water partition coefficient (Wildman–Crippen LogP) is 3.06. The van der Waals surface area contributed by atoms with Gasteiger partial charge in [-0.2, -0.15) is 0 Å². The quantitative estimate of drug-likeness (QED) is 0.152. The third-order valence-corrected chi connectivity index (χ3v) is 6.92. The summed E-state index contributed by atoms with van der Waals surface area (Å²) >= 11 is 29.1. The highest BCUT2D eigenvalue weighted by molar-refractivity contribution is 7.81. The maximum absolute atomic E-state index is 4.98. The van der Waals surface area contributed by atoms with Crippen LogP contribution in [0, 0.1) is 0 Å². The molecular formula is C35H79N15S6. The predicted molar refractivity (Wildman–Crippen MR) is 271 cm³/mol. The molecule has 330 valence electrons. The molecule has 0 aromatic rings. The molecule has 0 radical (unpaired) electrons. The molecule has 21 heteroatoms. The first-order valence-corrected chi connectivity index (χ1v) is 21.3. The van der Waals surface area contributed by atoms with Gasteiger partial charge in [0.2, 0.25) is 0 Å². The lowest BCUT2D eigenvalue weighted by atomic mass is 10.4. The van der Waals surface area contributed by atoms with Crippen molar-refractivity contribution in [1.82, 2.24) is 74.7 Å². The molecule has 0 atom stereocenters. The van der Waals surface area contributed by atoms with Crippen LogP contribution >= 0.6 is 73.3 Å². The van der Waals surface area contributed by atoms with Crippen LogP contribution in [0.1, 0.15) is 96.4 Å². The first-order valence-electron chi connectivity index (χ1n) is 18.9. The Morgan fingerprint density at radius 2 is 0.964 bits per heavy atom. The van der Waals surface area contributed by atoms with Gasteiger partial charge in [-0.25, -0.2) is 4.99 Å². The van der Waals surface area contributed by atoms with E-state index in [-0.39, 0.29) is 7.43 Å². The minimum Gasteiger partial charge on any atom is -0.363 e. The van der Waals surface area contributed by atoms with Crippen molar-refractivity contribution < 1.29 is 0 Å². The van der Waals surface area contributed by atoms with Gasteiger partial charge in [0.05, 0.1) is 0 Å². The largest absolute Gasteiger partial charge is 0.363 e. The molecule has 0 aromatic heterocycles. The first-order chi connectivity index (χ1) is 26.0. The molecule has 0 aromatic carbocycles. The van der Waals surface area contributed by atoms with E-state index < -0.39 is 0 Å². The zero-order chi connectivity index (χ0) is 42.9. The number of hydrogen-bond donors (Lipinski definition) is 14. The first kappa shape index (κ1) is 62.3. The van der Waals surface area contributed by atoms with Crippen LogP contribution in [0.5, 0.6) is 0 Å². The summed E-state index contributed by atoms with van der Waals surface area (Å²) in [6.07, 6.45) is 3.84. The second kappa shape index (κ2) is 46.5. The van der Waals surface area contributed by atoms with Crippen molar-refractivity contribution in [1.29, 1.82) is 0 Å². The number of hydrogen-bond acceptors (Lipinski definition) is 9. The zero-order valence-electron chi connectivity index (χ0n) is 35.2. The fourth-order valence-corrected chi connectivity index (χ4v) is 4.91. The third kappa shape index (κ3) is 57.9. The van der Waals surface area contributed by atoms with Crippen molar-refractivity contribution in [2.24, 2.45) is 4.99 Å². The summed E-state index contributed by atoms with van der Waals surface area (Å²) < 4.78 is 0. The van der Waals surface area contributed by atoms with Gasteiger partial charge >= 0.3 is 0 Å². The Kier molecular flexibility index (Phi) is 51.8. The van der Waals surface area contributed by atoms with Crippen LogP contribution in [0.4, 0.5) is 0 Å². The normalized spacial score (nSPS) is 12.4. The van der Waals surface area contributed by atoms with E-state index in [1.54, 1.807) is 6.34 Å². The van der Waals surface area contributed by atoms with Crippen molar-refractivity contribution in [3.05, 3.63) is 12.4 Å². The van der Waals surface area contributed by atoms with Gasteiger partial charge in [0.15, 0.2) is 30.7 Å². The average molecular weight is 903 g/mol. The second-order valence-electron chi connectivity index (χ2n) is 12.0. The lowest BCUT2D eigenvalue weighted by Gasteiger charge is -2.14. The van der Waals surface area contributed by atoms with Crippen molar-refractivity contribution in [3.8, 4) is 0 Å². The van der Waals surface area contributed by atoms with Gasteiger partial charge in [-0.05, 0) is 155 Å². The minimum atomic E-state index is 0. The topological polar surface area (TPSA) is 181 Å². The maximum Gasteiger partial charge on any atom is 0.166 e. The molecule has 0 amide bonds. The van der Waals surface area contributed by atoms with Gasteiger partial charge in [0, 0.05) is 77.0 Å². The van der Waals surface area contributed by atoms with Gasteiger partial charge in [-0.3, -0.25) is 10.9 Å².